The van der Waals surface area contributed by atoms with Crippen molar-refractivity contribution in [2.24, 2.45) is 0 Å². The van der Waals surface area contributed by atoms with Crippen LogP contribution in [0.5, 0.6) is 0 Å². The highest BCUT2D eigenvalue weighted by Gasteiger charge is 2.11. The maximum Gasteiger partial charge on any atom is 0.159 e. The van der Waals surface area contributed by atoms with Crippen molar-refractivity contribution in [2.45, 2.75) is 6.54 Å². The second kappa shape index (κ2) is 6.10. The van der Waals surface area contributed by atoms with Gasteiger partial charge >= 0.3 is 0 Å². The fourth-order valence-corrected chi connectivity index (χ4v) is 3.17. The van der Waals surface area contributed by atoms with E-state index < -0.39 is 0 Å². The number of hydrogen-bond acceptors (Lipinski definition) is 5. The van der Waals surface area contributed by atoms with Crippen LogP contribution >= 0.6 is 11.3 Å². The molecule has 6 heteroatoms. The van der Waals surface area contributed by atoms with Gasteiger partial charge < -0.3 is 4.57 Å². The highest BCUT2D eigenvalue weighted by molar-refractivity contribution is 7.14. The van der Waals surface area contributed by atoms with Crippen molar-refractivity contribution in [2.75, 3.05) is 0 Å². The Labute approximate surface area is 137 Å². The molecule has 0 spiro atoms. The normalized spacial score (nSPS) is 10.8. The first-order valence-electron chi connectivity index (χ1n) is 7.20. The molecular weight excluding hydrogens is 306 g/mol. The van der Waals surface area contributed by atoms with Crippen molar-refractivity contribution in [3.63, 3.8) is 0 Å². The lowest BCUT2D eigenvalue weighted by atomic mass is 10.2. The summed E-state index contributed by atoms with van der Waals surface area (Å²) in [5, 5.41) is 10.5. The van der Waals surface area contributed by atoms with E-state index in [0.29, 0.717) is 6.54 Å². The molecule has 4 rings (SSSR count). The quantitative estimate of drug-likeness (QED) is 0.577. The zero-order valence-corrected chi connectivity index (χ0v) is 13.0. The molecule has 0 radical (unpaired) electrons. The van der Waals surface area contributed by atoms with Crippen LogP contribution in [0.25, 0.3) is 22.1 Å². The van der Waals surface area contributed by atoms with Crippen LogP contribution in [0, 0.1) is 0 Å². The number of imidazole rings is 1. The Kier molecular flexibility index (Phi) is 3.65. The molecule has 0 amide bonds. The van der Waals surface area contributed by atoms with Crippen LogP contribution < -0.4 is 0 Å². The van der Waals surface area contributed by atoms with Crippen molar-refractivity contribution in [1.82, 2.24) is 24.7 Å². The zero-order chi connectivity index (χ0) is 15.5. The minimum atomic E-state index is 0.635. The van der Waals surface area contributed by atoms with E-state index in [1.54, 1.807) is 23.7 Å². The molecule has 1 aromatic carbocycles. The van der Waals surface area contributed by atoms with E-state index in [-0.39, 0.29) is 0 Å². The van der Waals surface area contributed by atoms with E-state index in [2.05, 4.69) is 20.2 Å². The lowest BCUT2D eigenvalue weighted by Gasteiger charge is -2.04. The molecule has 4 aromatic rings. The fraction of sp³-hybridized carbons (Fsp3) is 0.0588. The van der Waals surface area contributed by atoms with Crippen molar-refractivity contribution in [1.29, 1.82) is 0 Å². The second-order valence-corrected chi connectivity index (χ2v) is 6.02. The molecule has 0 bridgehead atoms. The SMILES string of the molecule is c1ccc(-c2nnc(Cn3ccnc3-c3ccccn3)s2)cc1. The lowest BCUT2D eigenvalue weighted by Crippen LogP contribution is -2.01. The van der Waals surface area contributed by atoms with Gasteiger partial charge in [0.1, 0.15) is 15.7 Å². The van der Waals surface area contributed by atoms with Gasteiger partial charge in [-0.3, -0.25) is 4.98 Å². The summed E-state index contributed by atoms with van der Waals surface area (Å²) in [5.41, 5.74) is 1.94. The molecular formula is C17H13N5S. The Hall–Kier alpha value is -2.86. The van der Waals surface area contributed by atoms with E-state index in [9.17, 15) is 0 Å². The summed E-state index contributed by atoms with van der Waals surface area (Å²) in [5.74, 6) is 0.835. The Bertz CT molecular complexity index is 899. The monoisotopic (exact) mass is 319 g/mol. The van der Waals surface area contributed by atoms with Crippen molar-refractivity contribution in [3.8, 4) is 22.1 Å². The third kappa shape index (κ3) is 2.89. The van der Waals surface area contributed by atoms with Crippen LogP contribution in [0.1, 0.15) is 5.01 Å². The van der Waals surface area contributed by atoms with Gasteiger partial charge in [-0.1, -0.05) is 47.7 Å². The lowest BCUT2D eigenvalue weighted by molar-refractivity contribution is 0.783. The third-order valence-electron chi connectivity index (χ3n) is 3.40. The van der Waals surface area contributed by atoms with Gasteiger partial charge in [0.25, 0.3) is 0 Å². The molecule has 0 unspecified atom stereocenters. The van der Waals surface area contributed by atoms with Gasteiger partial charge in [-0.25, -0.2) is 4.98 Å². The number of nitrogens with zero attached hydrogens (tertiary/aromatic N) is 5. The van der Waals surface area contributed by atoms with Gasteiger partial charge in [0.2, 0.25) is 0 Å². The Morgan fingerprint density at radius 1 is 0.870 bits per heavy atom. The maximum absolute atomic E-state index is 4.40. The smallest absolute Gasteiger partial charge is 0.159 e. The summed E-state index contributed by atoms with van der Waals surface area (Å²) in [4.78, 5) is 8.76. The van der Waals surface area contributed by atoms with Crippen LogP contribution in [0.2, 0.25) is 0 Å². The molecule has 0 fully saturated rings. The molecule has 0 atom stereocenters. The molecule has 3 heterocycles. The standard InChI is InChI=1S/C17H13N5S/c1-2-6-13(7-3-1)17-21-20-15(23-17)12-22-11-10-19-16(22)14-8-4-5-9-18-14/h1-11H,12H2. The van der Waals surface area contributed by atoms with E-state index in [1.165, 1.54) is 0 Å². The molecule has 0 N–H and O–H groups in total. The molecule has 0 aliphatic carbocycles. The minimum absolute atomic E-state index is 0.635. The average molecular weight is 319 g/mol. The Balaban J connectivity index is 1.61. The predicted molar refractivity (Wildman–Crippen MR) is 89.9 cm³/mol. The molecule has 112 valence electrons. The number of rotatable bonds is 4. The molecule has 0 aliphatic heterocycles. The van der Waals surface area contributed by atoms with Gasteiger partial charge in [-0.15, -0.1) is 10.2 Å². The minimum Gasteiger partial charge on any atom is -0.323 e. The number of pyridine rings is 1. The van der Waals surface area contributed by atoms with Crippen molar-refractivity contribution >= 4 is 11.3 Å². The van der Waals surface area contributed by atoms with E-state index in [0.717, 1.165) is 27.1 Å². The first kappa shape index (κ1) is 13.8. The van der Waals surface area contributed by atoms with Gasteiger partial charge in [0.05, 0.1) is 6.54 Å². The largest absolute Gasteiger partial charge is 0.323 e. The first-order chi connectivity index (χ1) is 11.4. The fourth-order valence-electron chi connectivity index (χ4n) is 2.33. The van der Waals surface area contributed by atoms with Gasteiger partial charge in [-0.05, 0) is 12.1 Å². The number of hydrogen-bond donors (Lipinski definition) is 0. The van der Waals surface area contributed by atoms with Gasteiger partial charge in [-0.2, -0.15) is 0 Å². The molecule has 0 saturated carbocycles. The zero-order valence-electron chi connectivity index (χ0n) is 12.2. The van der Waals surface area contributed by atoms with E-state index in [1.807, 2.05) is 59.3 Å². The summed E-state index contributed by atoms with van der Waals surface area (Å²) in [6.07, 6.45) is 5.49. The Morgan fingerprint density at radius 3 is 2.57 bits per heavy atom. The van der Waals surface area contributed by atoms with Crippen LogP contribution in [-0.4, -0.2) is 24.7 Å². The van der Waals surface area contributed by atoms with Crippen LogP contribution in [0.3, 0.4) is 0 Å². The molecule has 0 saturated heterocycles. The number of benzene rings is 1. The molecule has 23 heavy (non-hydrogen) atoms. The molecule has 5 nitrogen and oxygen atoms in total. The average Bonchev–Trinajstić information content (AvgIpc) is 3.26. The molecule has 3 aromatic heterocycles. The second-order valence-electron chi connectivity index (χ2n) is 4.96. The highest BCUT2D eigenvalue weighted by atomic mass is 32.1. The summed E-state index contributed by atoms with van der Waals surface area (Å²) in [6.45, 7) is 0.635. The van der Waals surface area contributed by atoms with Crippen LogP contribution in [0.4, 0.5) is 0 Å². The van der Waals surface area contributed by atoms with Crippen LogP contribution in [-0.2, 0) is 6.54 Å². The number of aromatic nitrogens is 5. The Morgan fingerprint density at radius 2 is 1.74 bits per heavy atom. The summed E-state index contributed by atoms with van der Waals surface area (Å²) in [6, 6.07) is 15.9. The predicted octanol–water partition coefficient (Wildman–Crippen LogP) is 3.51. The third-order valence-corrected chi connectivity index (χ3v) is 4.36. The van der Waals surface area contributed by atoms with E-state index in [4.69, 9.17) is 0 Å². The van der Waals surface area contributed by atoms with Crippen molar-refractivity contribution in [3.05, 3.63) is 72.1 Å². The van der Waals surface area contributed by atoms with Gasteiger partial charge in [0, 0.05) is 24.2 Å². The highest BCUT2D eigenvalue weighted by Crippen LogP contribution is 2.24. The van der Waals surface area contributed by atoms with Gasteiger partial charge in [0.15, 0.2) is 5.82 Å². The van der Waals surface area contributed by atoms with Crippen LogP contribution in [0.15, 0.2) is 67.1 Å². The summed E-state index contributed by atoms with van der Waals surface area (Å²) >= 11 is 1.60. The maximum atomic E-state index is 4.40. The van der Waals surface area contributed by atoms with E-state index >= 15 is 0 Å². The summed E-state index contributed by atoms with van der Waals surface area (Å²) < 4.78 is 2.04. The topological polar surface area (TPSA) is 56.5 Å². The molecule has 0 aliphatic rings. The van der Waals surface area contributed by atoms with Crippen molar-refractivity contribution < 1.29 is 0 Å². The first-order valence-corrected chi connectivity index (χ1v) is 8.02. The summed E-state index contributed by atoms with van der Waals surface area (Å²) in [7, 11) is 0.